The fourth-order valence-corrected chi connectivity index (χ4v) is 9.57. The number of nitrogens with zero attached hydrogens (tertiary/aromatic N) is 3. The van der Waals surface area contributed by atoms with Gasteiger partial charge in [-0.1, -0.05) is 59.1 Å². The van der Waals surface area contributed by atoms with Gasteiger partial charge >= 0.3 is 0 Å². The number of halogens is 2. The van der Waals surface area contributed by atoms with Crippen LogP contribution in [0.2, 0.25) is 10.0 Å². The SMILES string of the molecule is COc1ccc([C@@]23C(=O)N(Nc4ccc(Cl)cc4Cl)C(=O)[C@@H]2C[C@@H]2C(=CC[C@@H]4C(=O)N(c5ccc([N+](=O)[O-])cc5)C(=O)[C@@H]42)[C@@H]3c2ccc(OCCO)cc2)cc1. The number of rotatable bonds is 10. The number of fused-ring (bicyclic) bond motifs is 4. The van der Waals surface area contributed by atoms with E-state index in [4.69, 9.17) is 32.7 Å². The first-order valence-corrected chi connectivity index (χ1v) is 18.7. The molecule has 8 rings (SSSR count). The number of ether oxygens (including phenoxy) is 2. The van der Waals surface area contributed by atoms with Gasteiger partial charge < -0.3 is 14.6 Å². The Kier molecular flexibility index (Phi) is 9.55. The summed E-state index contributed by atoms with van der Waals surface area (Å²) in [6.07, 6.45) is 2.17. The first kappa shape index (κ1) is 37.2. The Bertz CT molecular complexity index is 2300. The number of benzene rings is 4. The lowest BCUT2D eigenvalue weighted by Crippen LogP contribution is -2.53. The van der Waals surface area contributed by atoms with E-state index >= 15 is 4.79 Å². The van der Waals surface area contributed by atoms with Gasteiger partial charge in [0.2, 0.25) is 11.8 Å². The molecule has 3 fully saturated rings. The standard InChI is InChI=1S/C41H34Cl2N4O9/c1-55-27-13-4-23(5-14-27)41-32(38(50)46(40(41)52)44-34-17-6-24(42)20-33(34)43)21-31-29(36(41)22-2-11-28(12-3-22)56-19-18-48)15-16-30-35(31)39(51)45(37(30)49)25-7-9-26(10-8-25)47(53)54/h2-15,17,20,30-32,35-36,44,48H,16,18-19,21H2,1H3/t30-,31+,32-,35-,36-,41+/m0/s1. The number of carbonyl (C=O) groups is 4. The quantitative estimate of drug-likeness (QED) is 0.0786. The number of non-ortho nitro benzene ring substituents is 1. The summed E-state index contributed by atoms with van der Waals surface area (Å²) in [5.41, 5.74) is 3.66. The van der Waals surface area contributed by atoms with Crippen molar-refractivity contribution in [2.24, 2.45) is 23.7 Å². The van der Waals surface area contributed by atoms with Crippen molar-refractivity contribution in [1.29, 1.82) is 0 Å². The lowest BCUT2D eigenvalue weighted by molar-refractivity contribution is -0.384. The Morgan fingerprint density at radius 1 is 0.893 bits per heavy atom. The highest BCUT2D eigenvalue weighted by molar-refractivity contribution is 6.36. The molecule has 0 spiro atoms. The number of amides is 4. The van der Waals surface area contributed by atoms with Crippen molar-refractivity contribution in [1.82, 2.24) is 5.01 Å². The van der Waals surface area contributed by atoms with Crippen molar-refractivity contribution >= 4 is 63.9 Å². The summed E-state index contributed by atoms with van der Waals surface area (Å²) in [6.45, 7) is -0.121. The Morgan fingerprint density at radius 3 is 2.23 bits per heavy atom. The maximum absolute atomic E-state index is 15.4. The van der Waals surface area contributed by atoms with Crippen LogP contribution in [0.25, 0.3) is 0 Å². The number of imide groups is 2. The second kappa shape index (κ2) is 14.4. The Balaban J connectivity index is 1.29. The van der Waals surface area contributed by atoms with Crippen molar-refractivity contribution in [2.75, 3.05) is 30.6 Å². The van der Waals surface area contributed by atoms with Crippen LogP contribution < -0.4 is 19.8 Å². The average molecular weight is 798 g/mol. The monoisotopic (exact) mass is 796 g/mol. The third-order valence-electron chi connectivity index (χ3n) is 11.5. The number of carbonyl (C=O) groups excluding carboxylic acids is 4. The zero-order valence-electron chi connectivity index (χ0n) is 29.8. The van der Waals surface area contributed by atoms with Gasteiger partial charge in [0.05, 0.1) is 58.2 Å². The minimum atomic E-state index is -1.55. The van der Waals surface area contributed by atoms with Gasteiger partial charge in [-0.25, -0.2) is 0 Å². The molecule has 6 atom stereocenters. The summed E-state index contributed by atoms with van der Waals surface area (Å²) in [5, 5.41) is 22.2. The van der Waals surface area contributed by atoms with E-state index in [2.05, 4.69) is 5.43 Å². The summed E-state index contributed by atoms with van der Waals surface area (Å²) >= 11 is 12.7. The number of nitrogens with one attached hydrogen (secondary N) is 1. The van der Waals surface area contributed by atoms with E-state index in [1.807, 2.05) is 18.2 Å². The third kappa shape index (κ3) is 5.80. The van der Waals surface area contributed by atoms with Gasteiger partial charge in [-0.15, -0.1) is 0 Å². The lowest BCUT2D eigenvalue weighted by atomic mass is 9.49. The summed E-state index contributed by atoms with van der Waals surface area (Å²) in [7, 11) is 1.53. The van der Waals surface area contributed by atoms with E-state index in [0.717, 1.165) is 15.5 Å². The zero-order chi connectivity index (χ0) is 39.5. The third-order valence-corrected chi connectivity index (χ3v) is 12.0. The maximum atomic E-state index is 15.4. The molecular formula is C41H34Cl2N4O9. The van der Waals surface area contributed by atoms with Crippen LogP contribution in [0.3, 0.4) is 0 Å². The average Bonchev–Trinajstić information content (AvgIpc) is 3.58. The predicted molar refractivity (Wildman–Crippen MR) is 205 cm³/mol. The topological polar surface area (TPSA) is 169 Å². The number of aliphatic hydroxyl groups excluding tert-OH is 1. The molecule has 4 aromatic carbocycles. The van der Waals surface area contributed by atoms with Crippen LogP contribution in [-0.2, 0) is 24.6 Å². The fraction of sp³-hybridized carbons (Fsp3) is 0.268. The summed E-state index contributed by atoms with van der Waals surface area (Å²) < 4.78 is 11.1. The molecule has 2 N–H and O–H groups in total. The second-order valence-electron chi connectivity index (χ2n) is 14.1. The number of hydrogen-bond donors (Lipinski definition) is 2. The summed E-state index contributed by atoms with van der Waals surface area (Å²) in [6, 6.07) is 23.9. The summed E-state index contributed by atoms with van der Waals surface area (Å²) in [5.74, 6) is -5.11. The minimum absolute atomic E-state index is 0.0530. The maximum Gasteiger partial charge on any atom is 0.269 e. The Labute approximate surface area is 330 Å². The molecule has 2 saturated heterocycles. The number of methoxy groups -OCH3 is 1. The van der Waals surface area contributed by atoms with E-state index in [0.29, 0.717) is 27.6 Å². The van der Waals surface area contributed by atoms with Gasteiger partial charge in [0.1, 0.15) is 18.1 Å². The van der Waals surface area contributed by atoms with Crippen LogP contribution in [-0.4, -0.2) is 59.0 Å². The van der Waals surface area contributed by atoms with Gasteiger partial charge in [-0.05, 0) is 84.5 Å². The molecule has 1 saturated carbocycles. The molecule has 0 unspecified atom stereocenters. The number of hydrogen-bond acceptors (Lipinski definition) is 10. The van der Waals surface area contributed by atoms with Crippen molar-refractivity contribution in [3.63, 3.8) is 0 Å². The van der Waals surface area contributed by atoms with Crippen molar-refractivity contribution in [3.05, 3.63) is 134 Å². The van der Waals surface area contributed by atoms with E-state index in [9.17, 15) is 29.6 Å². The molecule has 0 radical (unpaired) electrons. The van der Waals surface area contributed by atoms with Crippen LogP contribution in [0.1, 0.15) is 29.9 Å². The Morgan fingerprint density at radius 2 is 1.59 bits per heavy atom. The van der Waals surface area contributed by atoms with Crippen LogP contribution in [0, 0.1) is 33.8 Å². The van der Waals surface area contributed by atoms with Gasteiger partial charge in [-0.2, -0.15) is 5.01 Å². The fourth-order valence-electron chi connectivity index (χ4n) is 9.12. The normalized spacial score (nSPS) is 25.4. The van der Waals surface area contributed by atoms with Crippen LogP contribution >= 0.6 is 23.2 Å². The van der Waals surface area contributed by atoms with E-state index in [1.165, 1.54) is 37.4 Å². The smallest absolute Gasteiger partial charge is 0.269 e. The largest absolute Gasteiger partial charge is 0.497 e. The number of aliphatic hydroxyl groups is 1. The molecule has 4 aliphatic rings. The Hall–Kier alpha value is -5.76. The van der Waals surface area contributed by atoms with Gasteiger partial charge in [0.15, 0.2) is 0 Å². The minimum Gasteiger partial charge on any atom is -0.497 e. The molecule has 2 aliphatic heterocycles. The molecule has 0 bridgehead atoms. The number of nitro groups is 1. The zero-order valence-corrected chi connectivity index (χ0v) is 31.3. The molecule has 13 nitrogen and oxygen atoms in total. The first-order chi connectivity index (χ1) is 27.0. The lowest BCUT2D eigenvalue weighted by Gasteiger charge is -2.50. The first-order valence-electron chi connectivity index (χ1n) is 17.9. The molecule has 0 aromatic heterocycles. The highest BCUT2D eigenvalue weighted by Gasteiger charge is 2.70. The van der Waals surface area contributed by atoms with Crippen molar-refractivity contribution < 1.29 is 38.7 Å². The van der Waals surface area contributed by atoms with Crippen LogP contribution in [0.5, 0.6) is 11.5 Å². The molecule has 56 heavy (non-hydrogen) atoms. The molecule has 4 amide bonds. The number of hydrazine groups is 1. The van der Waals surface area contributed by atoms with Gasteiger partial charge in [-0.3, -0.25) is 39.6 Å². The van der Waals surface area contributed by atoms with Gasteiger partial charge in [0.25, 0.3) is 17.5 Å². The second-order valence-corrected chi connectivity index (χ2v) is 15.0. The molecule has 4 aromatic rings. The van der Waals surface area contributed by atoms with E-state index in [1.54, 1.807) is 48.5 Å². The van der Waals surface area contributed by atoms with Crippen molar-refractivity contribution in [3.8, 4) is 11.5 Å². The molecule has 286 valence electrons. The number of anilines is 2. The van der Waals surface area contributed by atoms with Crippen molar-refractivity contribution in [2.45, 2.75) is 24.2 Å². The van der Waals surface area contributed by atoms with E-state index in [-0.39, 0.29) is 48.1 Å². The highest BCUT2D eigenvalue weighted by Crippen LogP contribution is 2.64. The van der Waals surface area contributed by atoms with Crippen LogP contribution in [0.4, 0.5) is 17.1 Å². The van der Waals surface area contributed by atoms with Crippen LogP contribution in [0.15, 0.2) is 103 Å². The molecule has 15 heteroatoms. The molecular weight excluding hydrogens is 763 g/mol. The van der Waals surface area contributed by atoms with Gasteiger partial charge in [0, 0.05) is 23.1 Å². The predicted octanol–water partition coefficient (Wildman–Crippen LogP) is 6.47. The number of allylic oxidation sites excluding steroid dienone is 2. The van der Waals surface area contributed by atoms with E-state index < -0.39 is 63.6 Å². The molecule has 2 aliphatic carbocycles. The number of nitro benzene ring substituents is 1. The molecule has 2 heterocycles. The highest BCUT2D eigenvalue weighted by atomic mass is 35.5. The summed E-state index contributed by atoms with van der Waals surface area (Å²) in [4.78, 5) is 70.8.